The van der Waals surface area contributed by atoms with Crippen molar-refractivity contribution in [3.8, 4) is 5.75 Å². The largest absolute Gasteiger partial charge is 0.488 e. The number of piperidine rings is 1. The summed E-state index contributed by atoms with van der Waals surface area (Å²) in [6.45, 7) is 3.38. The number of aliphatic imine (C=N–C) groups is 1. The highest BCUT2D eigenvalue weighted by atomic mass is 19.1. The van der Waals surface area contributed by atoms with Crippen LogP contribution >= 0.6 is 0 Å². The summed E-state index contributed by atoms with van der Waals surface area (Å²) in [5, 5.41) is 9.24. The van der Waals surface area contributed by atoms with Gasteiger partial charge in [-0.1, -0.05) is 6.07 Å². The lowest BCUT2D eigenvalue weighted by Crippen LogP contribution is -2.44. The number of nitrogens with zero attached hydrogens (tertiary/aromatic N) is 4. The molecule has 1 aliphatic carbocycles. The van der Waals surface area contributed by atoms with Crippen molar-refractivity contribution in [2.24, 2.45) is 4.99 Å². The van der Waals surface area contributed by atoms with Crippen LogP contribution in [0.25, 0.3) is 0 Å². The van der Waals surface area contributed by atoms with Crippen LogP contribution in [0.2, 0.25) is 0 Å². The third kappa shape index (κ3) is 3.59. The fourth-order valence-electron chi connectivity index (χ4n) is 3.95. The van der Waals surface area contributed by atoms with Gasteiger partial charge in [-0.05, 0) is 37.5 Å². The van der Waals surface area contributed by atoms with E-state index in [9.17, 15) is 9.50 Å². The average Bonchev–Trinajstić information content (AvgIpc) is 3.31. The van der Waals surface area contributed by atoms with Gasteiger partial charge in [0.05, 0.1) is 24.6 Å². The molecular formula is C22H25FN4O2. The first-order chi connectivity index (χ1) is 14.0. The van der Waals surface area contributed by atoms with Crippen LogP contribution in [0.1, 0.15) is 49.4 Å². The monoisotopic (exact) mass is 396 g/mol. The molecule has 2 aliphatic heterocycles. The van der Waals surface area contributed by atoms with Crippen LogP contribution in [-0.4, -0.2) is 51.8 Å². The summed E-state index contributed by atoms with van der Waals surface area (Å²) in [5.74, 6) is 1.64. The SMILES string of the molecule is CC1(Oc2ccc3c(c2)C(c2cc(N4CCC(F)(CO)CC4)ncn2)=NC3)CC1. The van der Waals surface area contributed by atoms with Crippen molar-refractivity contribution >= 4 is 11.5 Å². The Morgan fingerprint density at radius 1 is 1.14 bits per heavy atom. The molecule has 3 aliphatic rings. The van der Waals surface area contributed by atoms with Crippen LogP contribution in [0.3, 0.4) is 0 Å². The second-order valence-electron chi connectivity index (χ2n) is 8.59. The van der Waals surface area contributed by atoms with Gasteiger partial charge in [-0.15, -0.1) is 0 Å². The van der Waals surface area contributed by atoms with Gasteiger partial charge in [0.25, 0.3) is 0 Å². The molecule has 7 heteroatoms. The van der Waals surface area contributed by atoms with E-state index >= 15 is 0 Å². The molecule has 0 amide bonds. The lowest BCUT2D eigenvalue weighted by Gasteiger charge is -2.35. The van der Waals surface area contributed by atoms with Crippen molar-refractivity contribution < 1.29 is 14.2 Å². The molecule has 2 fully saturated rings. The number of ether oxygens (including phenoxy) is 1. The molecule has 5 rings (SSSR count). The lowest BCUT2D eigenvalue weighted by molar-refractivity contribution is 0.0480. The second-order valence-corrected chi connectivity index (χ2v) is 8.59. The summed E-state index contributed by atoms with van der Waals surface area (Å²) >= 11 is 0. The molecule has 0 radical (unpaired) electrons. The molecule has 1 aromatic heterocycles. The Bertz CT molecular complexity index is 965. The van der Waals surface area contributed by atoms with Crippen molar-refractivity contribution in [3.05, 3.63) is 47.4 Å². The number of anilines is 1. The van der Waals surface area contributed by atoms with E-state index in [-0.39, 0.29) is 5.60 Å². The summed E-state index contributed by atoms with van der Waals surface area (Å²) in [4.78, 5) is 15.6. The van der Waals surface area contributed by atoms with Crippen LogP contribution in [0, 0.1) is 0 Å². The topological polar surface area (TPSA) is 70.8 Å². The predicted molar refractivity (Wildman–Crippen MR) is 108 cm³/mol. The Morgan fingerprint density at radius 2 is 1.93 bits per heavy atom. The van der Waals surface area contributed by atoms with Gasteiger partial charge in [0.2, 0.25) is 0 Å². The first-order valence-electron chi connectivity index (χ1n) is 10.2. The van der Waals surface area contributed by atoms with Gasteiger partial charge in [0.1, 0.15) is 29.2 Å². The van der Waals surface area contributed by atoms with Crippen LogP contribution in [0.5, 0.6) is 5.75 Å². The molecule has 1 saturated carbocycles. The van der Waals surface area contributed by atoms with Gasteiger partial charge in [0, 0.05) is 37.6 Å². The lowest BCUT2D eigenvalue weighted by atomic mass is 9.94. The fourth-order valence-corrected chi connectivity index (χ4v) is 3.95. The molecule has 6 nitrogen and oxygen atoms in total. The Labute approximate surface area is 169 Å². The summed E-state index contributed by atoms with van der Waals surface area (Å²) in [5.41, 5.74) is 2.33. The average molecular weight is 396 g/mol. The smallest absolute Gasteiger partial charge is 0.137 e. The van der Waals surface area contributed by atoms with Gasteiger partial charge in [-0.3, -0.25) is 4.99 Å². The number of aromatic nitrogens is 2. The normalized spacial score (nSPS) is 21.5. The van der Waals surface area contributed by atoms with E-state index in [2.05, 4.69) is 29.0 Å². The number of hydrogen-bond acceptors (Lipinski definition) is 6. The van der Waals surface area contributed by atoms with Gasteiger partial charge in [-0.25, -0.2) is 14.4 Å². The maximum atomic E-state index is 14.3. The summed E-state index contributed by atoms with van der Waals surface area (Å²) in [6, 6.07) is 8.08. The number of aliphatic hydroxyl groups is 1. The number of alkyl halides is 1. The molecule has 1 saturated heterocycles. The van der Waals surface area contributed by atoms with Crippen LogP contribution in [-0.2, 0) is 6.54 Å². The van der Waals surface area contributed by atoms with E-state index in [0.717, 1.165) is 46.9 Å². The highest BCUT2D eigenvalue weighted by Gasteiger charge is 2.40. The van der Waals surface area contributed by atoms with Gasteiger partial charge >= 0.3 is 0 Å². The molecule has 0 bridgehead atoms. The molecule has 29 heavy (non-hydrogen) atoms. The minimum atomic E-state index is -1.48. The van der Waals surface area contributed by atoms with E-state index in [1.807, 2.05) is 17.0 Å². The van der Waals surface area contributed by atoms with Gasteiger partial charge in [0.15, 0.2) is 0 Å². The third-order valence-corrected chi connectivity index (χ3v) is 6.22. The zero-order valence-corrected chi connectivity index (χ0v) is 16.6. The van der Waals surface area contributed by atoms with Crippen molar-refractivity contribution in [3.63, 3.8) is 0 Å². The Balaban J connectivity index is 1.38. The van der Waals surface area contributed by atoms with E-state index < -0.39 is 12.3 Å². The van der Waals surface area contributed by atoms with Crippen molar-refractivity contribution in [2.75, 3.05) is 24.6 Å². The molecular weight excluding hydrogens is 371 g/mol. The molecule has 0 spiro atoms. The van der Waals surface area contributed by atoms with Gasteiger partial charge in [-0.2, -0.15) is 0 Å². The number of rotatable bonds is 5. The maximum absolute atomic E-state index is 14.3. The summed E-state index contributed by atoms with van der Waals surface area (Å²) in [6.07, 6.45) is 4.32. The van der Waals surface area contributed by atoms with E-state index in [0.29, 0.717) is 32.5 Å². The first-order valence-corrected chi connectivity index (χ1v) is 10.2. The van der Waals surface area contributed by atoms with Gasteiger partial charge < -0.3 is 14.7 Å². The molecule has 152 valence electrons. The molecule has 0 atom stereocenters. The third-order valence-electron chi connectivity index (χ3n) is 6.22. The Hall–Kier alpha value is -2.54. The highest BCUT2D eigenvalue weighted by Crippen LogP contribution is 2.40. The van der Waals surface area contributed by atoms with Crippen molar-refractivity contribution in [1.82, 2.24) is 9.97 Å². The zero-order valence-electron chi connectivity index (χ0n) is 16.6. The Morgan fingerprint density at radius 3 is 2.66 bits per heavy atom. The minimum absolute atomic E-state index is 0.0271. The van der Waals surface area contributed by atoms with E-state index in [1.54, 1.807) is 6.33 Å². The second kappa shape index (κ2) is 6.76. The molecule has 0 unspecified atom stereocenters. The van der Waals surface area contributed by atoms with Crippen LogP contribution in [0.15, 0.2) is 35.6 Å². The molecule has 3 heterocycles. The minimum Gasteiger partial charge on any atom is -0.488 e. The Kier molecular flexibility index (Phi) is 4.31. The number of hydrogen-bond donors (Lipinski definition) is 1. The number of halogens is 1. The van der Waals surface area contributed by atoms with Crippen molar-refractivity contribution in [1.29, 1.82) is 0 Å². The number of benzene rings is 1. The number of fused-ring (bicyclic) bond motifs is 1. The quantitative estimate of drug-likeness (QED) is 0.841. The van der Waals surface area contributed by atoms with Crippen molar-refractivity contribution in [2.45, 2.75) is 50.4 Å². The van der Waals surface area contributed by atoms with E-state index in [1.165, 1.54) is 0 Å². The highest BCUT2D eigenvalue weighted by molar-refractivity contribution is 6.14. The van der Waals surface area contributed by atoms with Crippen LogP contribution < -0.4 is 9.64 Å². The predicted octanol–water partition coefficient (Wildman–Crippen LogP) is 3.06. The molecule has 1 N–H and O–H groups in total. The standard InChI is InChI=1S/C22H25FN4O2/c1-21(4-5-21)29-16-3-2-15-12-24-20(17(15)10-16)18-11-19(26-14-25-18)27-8-6-22(23,13-28)7-9-27/h2-3,10-11,14,28H,4-9,12-13H2,1H3. The number of aliphatic hydroxyl groups excluding tert-OH is 1. The zero-order chi connectivity index (χ0) is 20.1. The molecule has 1 aromatic carbocycles. The molecule has 2 aromatic rings. The fraction of sp³-hybridized carbons (Fsp3) is 0.500. The summed E-state index contributed by atoms with van der Waals surface area (Å²) in [7, 11) is 0. The first kappa shape index (κ1) is 18.5. The van der Waals surface area contributed by atoms with E-state index in [4.69, 9.17) is 9.73 Å². The summed E-state index contributed by atoms with van der Waals surface area (Å²) < 4.78 is 20.4. The van der Waals surface area contributed by atoms with Crippen LogP contribution in [0.4, 0.5) is 10.2 Å². The maximum Gasteiger partial charge on any atom is 0.137 e.